The second kappa shape index (κ2) is 10.5. The number of morpholine rings is 1. The van der Waals surface area contributed by atoms with Gasteiger partial charge in [0.15, 0.2) is 16.8 Å². The third kappa shape index (κ3) is 5.61. The van der Waals surface area contributed by atoms with Crippen molar-refractivity contribution in [2.75, 3.05) is 37.4 Å². The quantitative estimate of drug-likeness (QED) is 0.416. The highest BCUT2D eigenvalue weighted by atomic mass is 32.2. The molecule has 0 unspecified atom stereocenters. The van der Waals surface area contributed by atoms with Crippen molar-refractivity contribution in [1.82, 2.24) is 19.7 Å². The third-order valence-electron chi connectivity index (χ3n) is 5.09. The van der Waals surface area contributed by atoms with Crippen LogP contribution in [0.25, 0.3) is 5.69 Å². The molecule has 166 valence electrons. The normalized spacial score (nSPS) is 14.3. The Hall–Kier alpha value is -3.01. The lowest BCUT2D eigenvalue weighted by Crippen LogP contribution is -2.36. The second-order valence-electron chi connectivity index (χ2n) is 7.43. The summed E-state index contributed by atoms with van der Waals surface area (Å²) in [6.07, 6.45) is 0. The maximum atomic E-state index is 12.5. The van der Waals surface area contributed by atoms with Gasteiger partial charge in [0.1, 0.15) is 0 Å². The number of hydrogen-bond acceptors (Lipinski definition) is 7. The Morgan fingerprint density at radius 1 is 1.03 bits per heavy atom. The van der Waals surface area contributed by atoms with Crippen LogP contribution in [0.5, 0.6) is 0 Å². The summed E-state index contributed by atoms with van der Waals surface area (Å²) in [5, 5.41) is 12.3. The minimum Gasteiger partial charge on any atom is -0.379 e. The SMILES string of the molecule is CC(=O)c1ccc(NC(=O)CSc2nnc(CN3CCOCC3)n2-c2ccccc2)cc1. The lowest BCUT2D eigenvalue weighted by Gasteiger charge is -2.26. The first-order chi connectivity index (χ1) is 15.6. The zero-order valence-electron chi connectivity index (χ0n) is 17.9. The number of Topliss-reactive ketones (excluding diaryl/α,β-unsaturated/α-hetero) is 1. The van der Waals surface area contributed by atoms with Crippen LogP contribution in [0.15, 0.2) is 59.8 Å². The number of carbonyl (C=O) groups is 2. The lowest BCUT2D eigenvalue weighted by molar-refractivity contribution is -0.113. The van der Waals surface area contributed by atoms with Gasteiger partial charge in [0.2, 0.25) is 5.91 Å². The largest absolute Gasteiger partial charge is 0.379 e. The summed E-state index contributed by atoms with van der Waals surface area (Å²) in [6, 6.07) is 16.8. The smallest absolute Gasteiger partial charge is 0.234 e. The molecule has 0 spiro atoms. The lowest BCUT2D eigenvalue weighted by atomic mass is 10.1. The molecule has 3 aromatic rings. The van der Waals surface area contributed by atoms with Gasteiger partial charge in [0, 0.05) is 30.0 Å². The Kier molecular flexibility index (Phi) is 7.31. The first kappa shape index (κ1) is 22.2. The van der Waals surface area contributed by atoms with Gasteiger partial charge in [-0.3, -0.25) is 19.1 Å². The van der Waals surface area contributed by atoms with E-state index in [0.717, 1.165) is 24.6 Å². The fourth-order valence-electron chi connectivity index (χ4n) is 3.41. The number of thioether (sulfide) groups is 1. The number of aromatic nitrogens is 3. The van der Waals surface area contributed by atoms with Crippen LogP contribution >= 0.6 is 11.8 Å². The summed E-state index contributed by atoms with van der Waals surface area (Å²) < 4.78 is 7.45. The Bertz CT molecular complexity index is 1060. The number of nitrogens with zero attached hydrogens (tertiary/aromatic N) is 4. The fraction of sp³-hybridized carbons (Fsp3) is 0.304. The molecule has 1 N–H and O–H groups in total. The van der Waals surface area contributed by atoms with Crippen molar-refractivity contribution in [2.24, 2.45) is 0 Å². The predicted octanol–water partition coefficient (Wildman–Crippen LogP) is 3.03. The van der Waals surface area contributed by atoms with E-state index in [0.29, 0.717) is 36.2 Å². The molecule has 9 heteroatoms. The molecule has 1 saturated heterocycles. The van der Waals surface area contributed by atoms with Crippen LogP contribution in [0.4, 0.5) is 5.69 Å². The van der Waals surface area contributed by atoms with Crippen molar-refractivity contribution < 1.29 is 14.3 Å². The van der Waals surface area contributed by atoms with Gasteiger partial charge in [-0.25, -0.2) is 0 Å². The molecule has 1 aliphatic heterocycles. The minimum atomic E-state index is -0.150. The van der Waals surface area contributed by atoms with E-state index in [2.05, 4.69) is 20.4 Å². The molecule has 1 aromatic heterocycles. The fourth-order valence-corrected chi connectivity index (χ4v) is 4.18. The highest BCUT2D eigenvalue weighted by Gasteiger charge is 2.19. The molecule has 1 aliphatic rings. The number of para-hydroxylation sites is 1. The van der Waals surface area contributed by atoms with Crippen molar-refractivity contribution in [3.8, 4) is 5.69 Å². The predicted molar refractivity (Wildman–Crippen MR) is 123 cm³/mol. The van der Waals surface area contributed by atoms with Crippen molar-refractivity contribution >= 4 is 29.1 Å². The molecular weight excluding hydrogens is 426 g/mol. The van der Waals surface area contributed by atoms with Crippen LogP contribution < -0.4 is 5.32 Å². The second-order valence-corrected chi connectivity index (χ2v) is 8.37. The summed E-state index contributed by atoms with van der Waals surface area (Å²) in [7, 11) is 0. The summed E-state index contributed by atoms with van der Waals surface area (Å²) >= 11 is 1.34. The average molecular weight is 452 g/mol. The number of rotatable bonds is 8. The molecule has 1 amide bonds. The number of carbonyl (C=O) groups excluding carboxylic acids is 2. The van der Waals surface area contributed by atoms with E-state index < -0.39 is 0 Å². The minimum absolute atomic E-state index is 0.00781. The molecule has 2 heterocycles. The van der Waals surface area contributed by atoms with Crippen LogP contribution in [-0.2, 0) is 16.1 Å². The zero-order chi connectivity index (χ0) is 22.3. The van der Waals surface area contributed by atoms with E-state index >= 15 is 0 Å². The summed E-state index contributed by atoms with van der Waals surface area (Å²) in [5.74, 6) is 0.868. The molecule has 32 heavy (non-hydrogen) atoms. The van der Waals surface area contributed by atoms with E-state index in [1.54, 1.807) is 24.3 Å². The first-order valence-corrected chi connectivity index (χ1v) is 11.4. The van der Waals surface area contributed by atoms with Gasteiger partial charge in [-0.2, -0.15) is 0 Å². The number of ketones is 1. The molecular formula is C23H25N5O3S. The molecule has 0 atom stereocenters. The number of benzene rings is 2. The van der Waals surface area contributed by atoms with Gasteiger partial charge in [0.25, 0.3) is 0 Å². The highest BCUT2D eigenvalue weighted by Crippen LogP contribution is 2.23. The molecule has 4 rings (SSSR count). The van der Waals surface area contributed by atoms with Crippen LogP contribution in [0, 0.1) is 0 Å². The van der Waals surface area contributed by atoms with Crippen LogP contribution in [0.3, 0.4) is 0 Å². The standard InChI is InChI=1S/C23H25N5O3S/c1-17(29)18-7-9-19(10-8-18)24-22(30)16-32-23-26-25-21(15-27-11-13-31-14-12-27)28(23)20-5-3-2-4-6-20/h2-10H,11-16H2,1H3,(H,24,30). The molecule has 0 bridgehead atoms. The van der Waals surface area contributed by atoms with E-state index in [1.165, 1.54) is 18.7 Å². The van der Waals surface area contributed by atoms with E-state index in [1.807, 2.05) is 34.9 Å². The summed E-state index contributed by atoms with van der Waals surface area (Å²) in [4.78, 5) is 26.2. The number of amides is 1. The number of hydrogen-bond donors (Lipinski definition) is 1. The summed E-state index contributed by atoms with van der Waals surface area (Å²) in [5.41, 5.74) is 2.22. The maximum Gasteiger partial charge on any atom is 0.234 e. The van der Waals surface area contributed by atoms with Crippen LogP contribution in [0.1, 0.15) is 23.1 Å². The molecule has 0 radical (unpaired) electrons. The van der Waals surface area contributed by atoms with Gasteiger partial charge in [-0.05, 0) is 43.3 Å². The van der Waals surface area contributed by atoms with Crippen LogP contribution in [0.2, 0.25) is 0 Å². The van der Waals surface area contributed by atoms with Gasteiger partial charge in [-0.1, -0.05) is 30.0 Å². The highest BCUT2D eigenvalue weighted by molar-refractivity contribution is 7.99. The molecule has 8 nitrogen and oxygen atoms in total. The van der Waals surface area contributed by atoms with Crippen molar-refractivity contribution in [3.63, 3.8) is 0 Å². The maximum absolute atomic E-state index is 12.5. The molecule has 0 saturated carbocycles. The Morgan fingerprint density at radius 2 is 1.75 bits per heavy atom. The van der Waals surface area contributed by atoms with E-state index in [-0.39, 0.29) is 17.4 Å². The average Bonchev–Trinajstić information content (AvgIpc) is 3.21. The Labute approximate surface area is 191 Å². The zero-order valence-corrected chi connectivity index (χ0v) is 18.7. The Morgan fingerprint density at radius 3 is 2.44 bits per heavy atom. The van der Waals surface area contributed by atoms with E-state index in [4.69, 9.17) is 4.74 Å². The number of nitrogens with one attached hydrogen (secondary N) is 1. The summed E-state index contributed by atoms with van der Waals surface area (Å²) in [6.45, 7) is 5.33. The number of anilines is 1. The Balaban J connectivity index is 1.45. The monoisotopic (exact) mass is 451 g/mol. The third-order valence-corrected chi connectivity index (χ3v) is 6.02. The van der Waals surface area contributed by atoms with Gasteiger partial charge >= 0.3 is 0 Å². The van der Waals surface area contributed by atoms with Crippen molar-refractivity contribution in [1.29, 1.82) is 0 Å². The van der Waals surface area contributed by atoms with Crippen LogP contribution in [-0.4, -0.2) is 63.4 Å². The van der Waals surface area contributed by atoms with Crippen molar-refractivity contribution in [2.45, 2.75) is 18.6 Å². The first-order valence-electron chi connectivity index (χ1n) is 10.4. The molecule has 2 aromatic carbocycles. The van der Waals surface area contributed by atoms with Crippen molar-refractivity contribution in [3.05, 3.63) is 66.0 Å². The van der Waals surface area contributed by atoms with E-state index in [9.17, 15) is 9.59 Å². The molecule has 1 fully saturated rings. The van der Waals surface area contributed by atoms with Gasteiger partial charge in [0.05, 0.1) is 25.5 Å². The molecule has 0 aliphatic carbocycles. The topological polar surface area (TPSA) is 89.3 Å². The van der Waals surface area contributed by atoms with Gasteiger partial charge in [-0.15, -0.1) is 10.2 Å². The number of ether oxygens (including phenoxy) is 1. The van der Waals surface area contributed by atoms with Gasteiger partial charge < -0.3 is 10.1 Å².